The molecule has 1 aromatic rings. The Labute approximate surface area is 92.5 Å². The summed E-state index contributed by atoms with van der Waals surface area (Å²) in [6.07, 6.45) is 2.00. The van der Waals surface area contributed by atoms with Crippen LogP contribution in [0.15, 0.2) is 24.5 Å². The number of hydrogen-bond donors (Lipinski definition) is 3. The summed E-state index contributed by atoms with van der Waals surface area (Å²) < 4.78 is 0. The van der Waals surface area contributed by atoms with Crippen molar-refractivity contribution in [1.82, 2.24) is 10.3 Å². The second-order valence-corrected chi connectivity index (χ2v) is 3.25. The van der Waals surface area contributed by atoms with E-state index < -0.39 is 12.0 Å². The number of pyridine rings is 1. The quantitative estimate of drug-likeness (QED) is 0.570. The molecule has 0 fully saturated rings. The highest BCUT2D eigenvalue weighted by Gasteiger charge is 2.12. The van der Waals surface area contributed by atoms with Gasteiger partial charge in [0.05, 0.1) is 13.0 Å². The molecule has 1 aromatic heterocycles. The van der Waals surface area contributed by atoms with Gasteiger partial charge in [0.15, 0.2) is 0 Å². The molecule has 1 rings (SSSR count). The molecule has 0 bridgehead atoms. The van der Waals surface area contributed by atoms with E-state index in [2.05, 4.69) is 10.3 Å². The minimum absolute atomic E-state index is 0.167. The number of primary amides is 1. The summed E-state index contributed by atoms with van der Waals surface area (Å²) in [4.78, 5) is 25.6. The first kappa shape index (κ1) is 12.1. The fraction of sp³-hybridized carbons (Fsp3) is 0.300. The molecule has 0 aliphatic carbocycles. The van der Waals surface area contributed by atoms with Crippen molar-refractivity contribution in [3.8, 4) is 0 Å². The van der Waals surface area contributed by atoms with E-state index in [0.717, 1.165) is 5.56 Å². The summed E-state index contributed by atoms with van der Waals surface area (Å²) in [6.45, 7) is -0.167. The molecule has 6 nitrogen and oxygen atoms in total. The molecule has 1 unspecified atom stereocenters. The lowest BCUT2D eigenvalue weighted by Gasteiger charge is -2.08. The van der Waals surface area contributed by atoms with E-state index >= 15 is 0 Å². The van der Waals surface area contributed by atoms with Crippen LogP contribution in [0.25, 0.3) is 0 Å². The Bertz CT molecular complexity index is 367. The van der Waals surface area contributed by atoms with Crippen molar-refractivity contribution in [3.05, 3.63) is 30.1 Å². The van der Waals surface area contributed by atoms with Crippen LogP contribution >= 0.6 is 0 Å². The molecule has 16 heavy (non-hydrogen) atoms. The summed E-state index contributed by atoms with van der Waals surface area (Å²) in [5.74, 6) is -1.14. The van der Waals surface area contributed by atoms with Crippen molar-refractivity contribution in [2.45, 2.75) is 12.5 Å². The summed E-state index contributed by atoms with van der Waals surface area (Å²) >= 11 is 0. The van der Waals surface area contributed by atoms with Gasteiger partial charge in [-0.25, -0.2) is 0 Å². The Kier molecular flexibility index (Phi) is 4.41. The Balaban J connectivity index is 2.35. The van der Waals surface area contributed by atoms with Gasteiger partial charge in [-0.05, 0) is 17.7 Å². The third kappa shape index (κ3) is 4.05. The highest BCUT2D eigenvalue weighted by Crippen LogP contribution is 1.96. The lowest BCUT2D eigenvalue weighted by atomic mass is 10.2. The van der Waals surface area contributed by atoms with Crippen LogP contribution in [-0.4, -0.2) is 34.6 Å². The SMILES string of the molecule is NC(=O)C(O)CNC(=O)Cc1ccncc1. The van der Waals surface area contributed by atoms with Crippen LogP contribution in [0.2, 0.25) is 0 Å². The van der Waals surface area contributed by atoms with Gasteiger partial charge in [-0.2, -0.15) is 0 Å². The number of nitrogens with zero attached hydrogens (tertiary/aromatic N) is 1. The van der Waals surface area contributed by atoms with Gasteiger partial charge in [-0.1, -0.05) is 0 Å². The van der Waals surface area contributed by atoms with Crippen molar-refractivity contribution in [3.63, 3.8) is 0 Å². The Hall–Kier alpha value is -1.95. The molecule has 0 aliphatic rings. The van der Waals surface area contributed by atoms with E-state index in [4.69, 9.17) is 10.8 Å². The predicted octanol–water partition coefficient (Wildman–Crippen LogP) is -1.41. The van der Waals surface area contributed by atoms with Crippen LogP contribution in [0.1, 0.15) is 5.56 Å². The lowest BCUT2D eigenvalue weighted by molar-refractivity contribution is -0.126. The Morgan fingerprint density at radius 2 is 2.06 bits per heavy atom. The number of aromatic nitrogens is 1. The van der Waals surface area contributed by atoms with Crippen LogP contribution in [0, 0.1) is 0 Å². The minimum atomic E-state index is -1.35. The zero-order valence-corrected chi connectivity index (χ0v) is 8.59. The molecular weight excluding hydrogens is 210 g/mol. The number of aliphatic hydroxyl groups excluding tert-OH is 1. The number of nitrogens with two attached hydrogens (primary N) is 1. The molecule has 0 spiro atoms. The van der Waals surface area contributed by atoms with Crippen molar-refractivity contribution >= 4 is 11.8 Å². The van der Waals surface area contributed by atoms with Crippen LogP contribution in [0.3, 0.4) is 0 Å². The molecule has 0 aliphatic heterocycles. The summed E-state index contributed by atoms with van der Waals surface area (Å²) in [5, 5.41) is 11.4. The van der Waals surface area contributed by atoms with Gasteiger partial charge >= 0.3 is 0 Å². The number of hydrogen-bond acceptors (Lipinski definition) is 4. The second kappa shape index (κ2) is 5.82. The topological polar surface area (TPSA) is 105 Å². The standard InChI is InChI=1S/C10H13N3O3/c11-10(16)8(14)6-13-9(15)5-7-1-3-12-4-2-7/h1-4,8,14H,5-6H2,(H2,11,16)(H,13,15). The van der Waals surface area contributed by atoms with Gasteiger partial charge in [0, 0.05) is 12.4 Å². The molecule has 6 heteroatoms. The van der Waals surface area contributed by atoms with Crippen molar-refractivity contribution in [2.24, 2.45) is 5.73 Å². The van der Waals surface area contributed by atoms with Gasteiger partial charge in [0.25, 0.3) is 0 Å². The van der Waals surface area contributed by atoms with Gasteiger partial charge in [0.1, 0.15) is 6.10 Å². The van der Waals surface area contributed by atoms with E-state index in [1.165, 1.54) is 0 Å². The third-order valence-electron chi connectivity index (χ3n) is 1.94. The molecular formula is C10H13N3O3. The van der Waals surface area contributed by atoms with E-state index in [1.807, 2.05) is 0 Å². The summed E-state index contributed by atoms with van der Waals surface area (Å²) in [6, 6.07) is 3.42. The average Bonchev–Trinajstić information content (AvgIpc) is 2.27. The molecule has 0 radical (unpaired) electrons. The normalized spacial score (nSPS) is 11.8. The predicted molar refractivity (Wildman–Crippen MR) is 56.2 cm³/mol. The number of rotatable bonds is 5. The maximum Gasteiger partial charge on any atom is 0.248 e. The molecule has 0 aromatic carbocycles. The van der Waals surface area contributed by atoms with Crippen LogP contribution in [0.4, 0.5) is 0 Å². The minimum Gasteiger partial charge on any atom is -0.381 e. The van der Waals surface area contributed by atoms with Gasteiger partial charge < -0.3 is 16.2 Å². The second-order valence-electron chi connectivity index (χ2n) is 3.25. The zero-order valence-electron chi connectivity index (χ0n) is 8.59. The smallest absolute Gasteiger partial charge is 0.248 e. The first-order chi connectivity index (χ1) is 7.59. The average molecular weight is 223 g/mol. The van der Waals surface area contributed by atoms with E-state index in [0.29, 0.717) is 0 Å². The first-order valence-electron chi connectivity index (χ1n) is 4.72. The lowest BCUT2D eigenvalue weighted by Crippen LogP contribution is -2.40. The number of carbonyl (C=O) groups excluding carboxylic acids is 2. The number of amides is 2. The molecule has 1 atom stereocenters. The van der Waals surface area contributed by atoms with Crippen molar-refractivity contribution in [1.29, 1.82) is 0 Å². The van der Waals surface area contributed by atoms with E-state index in [9.17, 15) is 9.59 Å². The van der Waals surface area contributed by atoms with E-state index in [-0.39, 0.29) is 18.9 Å². The number of carbonyl (C=O) groups is 2. The van der Waals surface area contributed by atoms with Gasteiger partial charge in [0.2, 0.25) is 11.8 Å². The highest BCUT2D eigenvalue weighted by molar-refractivity contribution is 5.81. The van der Waals surface area contributed by atoms with Crippen molar-refractivity contribution in [2.75, 3.05) is 6.54 Å². The molecule has 4 N–H and O–H groups in total. The van der Waals surface area contributed by atoms with Crippen LogP contribution < -0.4 is 11.1 Å². The monoisotopic (exact) mass is 223 g/mol. The number of aliphatic hydroxyl groups is 1. The van der Waals surface area contributed by atoms with Crippen LogP contribution in [-0.2, 0) is 16.0 Å². The van der Waals surface area contributed by atoms with Gasteiger partial charge in [-0.15, -0.1) is 0 Å². The Morgan fingerprint density at radius 3 is 2.62 bits per heavy atom. The highest BCUT2D eigenvalue weighted by atomic mass is 16.3. The first-order valence-corrected chi connectivity index (χ1v) is 4.72. The molecule has 86 valence electrons. The molecule has 0 saturated carbocycles. The fourth-order valence-electron chi connectivity index (χ4n) is 1.06. The molecule has 1 heterocycles. The maximum absolute atomic E-state index is 11.3. The fourth-order valence-corrected chi connectivity index (χ4v) is 1.06. The zero-order chi connectivity index (χ0) is 12.0. The van der Waals surface area contributed by atoms with Crippen LogP contribution in [0.5, 0.6) is 0 Å². The van der Waals surface area contributed by atoms with Crippen molar-refractivity contribution < 1.29 is 14.7 Å². The Morgan fingerprint density at radius 1 is 1.44 bits per heavy atom. The largest absolute Gasteiger partial charge is 0.381 e. The number of nitrogens with one attached hydrogen (secondary N) is 1. The molecule has 0 saturated heterocycles. The maximum atomic E-state index is 11.3. The third-order valence-corrected chi connectivity index (χ3v) is 1.94. The summed E-state index contributed by atoms with van der Waals surface area (Å²) in [5.41, 5.74) is 5.63. The summed E-state index contributed by atoms with van der Waals surface area (Å²) in [7, 11) is 0. The molecule has 2 amide bonds. The van der Waals surface area contributed by atoms with Gasteiger partial charge in [-0.3, -0.25) is 14.6 Å². The van der Waals surface area contributed by atoms with E-state index in [1.54, 1.807) is 24.5 Å².